The van der Waals surface area contributed by atoms with Gasteiger partial charge in [-0.2, -0.15) is 43.9 Å². The van der Waals surface area contributed by atoms with E-state index in [-0.39, 0.29) is 0 Å². The molecular weight excluding hydrogens is 478 g/mol. The van der Waals surface area contributed by atoms with Crippen LogP contribution in [-0.4, -0.2) is 70.9 Å². The highest BCUT2D eigenvalue weighted by molar-refractivity contribution is 8.13. The summed E-state index contributed by atoms with van der Waals surface area (Å²) in [7, 11) is -12.9. The predicted molar refractivity (Wildman–Crippen MR) is 78.9 cm³/mol. The largest absolute Gasteiger partial charge is 0.467 e. The van der Waals surface area contributed by atoms with Crippen molar-refractivity contribution in [3.63, 3.8) is 0 Å². The normalized spacial score (nSPS) is 18.9. The summed E-state index contributed by atoms with van der Waals surface area (Å²) in [4.78, 5) is 0. The first-order chi connectivity index (χ1) is 12.5. The maximum absolute atomic E-state index is 12.3. The molecule has 1 fully saturated rings. The minimum atomic E-state index is -7.62. The number of hydrogen-bond acceptors (Lipinski definition) is 4. The fourth-order valence-corrected chi connectivity index (χ4v) is 4.30. The van der Waals surface area contributed by atoms with Gasteiger partial charge >= 0.3 is 22.9 Å². The van der Waals surface area contributed by atoms with Gasteiger partial charge in [-0.1, -0.05) is 0 Å². The molecule has 0 unspecified atom stereocenters. The molecule has 0 N–H and O–H groups in total. The lowest BCUT2D eigenvalue weighted by atomic mass is 10.4. The monoisotopic (exact) mass is 494 g/mol. The zero-order valence-electron chi connectivity index (χ0n) is 14.7. The summed E-state index contributed by atoms with van der Waals surface area (Å²) < 4.78 is 162. The Kier molecular flexibility index (Phi) is 8.08. The lowest BCUT2D eigenvalue weighted by Gasteiger charge is -2.31. The summed E-state index contributed by atoms with van der Waals surface area (Å²) in [6.07, 6.45) is -11.1. The highest BCUT2D eigenvalue weighted by atomic mass is 32.3. The Bertz CT molecular complexity index is 714. The van der Waals surface area contributed by atoms with Gasteiger partial charge in [0.05, 0.1) is 26.7 Å². The van der Waals surface area contributed by atoms with Gasteiger partial charge in [0.1, 0.15) is 0 Å². The fourth-order valence-electron chi connectivity index (χ4n) is 1.93. The molecule has 6 nitrogen and oxygen atoms in total. The Labute approximate surface area is 159 Å². The van der Waals surface area contributed by atoms with Gasteiger partial charge in [-0.05, 0) is 6.92 Å². The van der Waals surface area contributed by atoms with Gasteiger partial charge in [0, 0.05) is 12.8 Å². The maximum Gasteiger partial charge on any atom is 0.467 e. The molecule has 1 aliphatic heterocycles. The summed E-state index contributed by atoms with van der Waals surface area (Å²) in [5.41, 5.74) is 0. The molecule has 176 valence electrons. The Morgan fingerprint density at radius 3 is 1.17 bits per heavy atom. The molecule has 0 aromatic heterocycles. The van der Waals surface area contributed by atoms with Gasteiger partial charge in [-0.3, -0.25) is 0 Å². The lowest BCUT2D eigenvalue weighted by molar-refractivity contribution is -0.895. The summed E-state index contributed by atoms with van der Waals surface area (Å²) in [6.45, 7) is 6.43. The van der Waals surface area contributed by atoms with Gasteiger partial charge in [0.2, 0.25) is 0 Å². The molecule has 0 aliphatic carbocycles. The smallest absolute Gasteiger partial charge is 0.425 e. The number of rotatable bonds is 5. The molecule has 0 bridgehead atoms. The van der Waals surface area contributed by atoms with Crippen LogP contribution in [-0.2, 0) is 20.0 Å². The van der Waals surface area contributed by atoms with Gasteiger partial charge in [-0.25, -0.2) is 16.8 Å². The van der Waals surface area contributed by atoms with Crippen molar-refractivity contribution in [2.75, 3.05) is 26.7 Å². The second-order valence-corrected chi connectivity index (χ2v) is 9.67. The molecule has 0 radical (unpaired) electrons. The number of quaternary nitrogens is 1. The van der Waals surface area contributed by atoms with E-state index in [2.05, 4.69) is 14.0 Å². The summed E-state index contributed by atoms with van der Waals surface area (Å²) in [5.74, 6) is 0. The van der Waals surface area contributed by atoms with Gasteiger partial charge < -0.3 is 8.61 Å². The molecular formula is C11H16F10N2O4S2. The molecule has 0 spiro atoms. The molecule has 1 rings (SSSR count). The molecule has 1 aliphatic rings. The van der Waals surface area contributed by atoms with Crippen LogP contribution in [0.4, 0.5) is 43.9 Å². The quantitative estimate of drug-likeness (QED) is 0.432. The van der Waals surface area contributed by atoms with E-state index >= 15 is 0 Å². The minimum absolute atomic E-state index is 0.422. The van der Waals surface area contributed by atoms with Crippen LogP contribution in [0.5, 0.6) is 0 Å². The van der Waals surface area contributed by atoms with Crippen LogP contribution in [0.15, 0.2) is 0 Å². The third-order valence-electron chi connectivity index (χ3n) is 3.91. The Hall–Kier alpha value is -0.880. The topological polar surface area (TPSA) is 82.4 Å². The summed E-state index contributed by atoms with van der Waals surface area (Å²) >= 11 is 0. The molecule has 29 heavy (non-hydrogen) atoms. The number of nitrogens with zero attached hydrogens (tertiary/aromatic N) is 2. The van der Waals surface area contributed by atoms with E-state index in [9.17, 15) is 60.7 Å². The molecule has 1 saturated heterocycles. The van der Waals surface area contributed by atoms with Gasteiger partial charge in [0.15, 0.2) is 20.0 Å². The fraction of sp³-hybridized carbons (Fsp3) is 1.00. The minimum Gasteiger partial charge on any atom is -0.425 e. The maximum atomic E-state index is 12.3. The van der Waals surface area contributed by atoms with E-state index in [0.29, 0.717) is 4.13 Å². The third kappa shape index (κ3) is 6.06. The van der Waals surface area contributed by atoms with Crippen molar-refractivity contribution in [2.45, 2.75) is 42.6 Å². The Balaban J connectivity index is 0.000000807. The molecule has 0 aromatic carbocycles. The van der Waals surface area contributed by atoms with E-state index in [1.54, 1.807) is 0 Å². The zero-order chi connectivity index (χ0) is 23.7. The van der Waals surface area contributed by atoms with Crippen LogP contribution in [0, 0.1) is 0 Å². The standard InChI is InChI=1S/C7H16N.C4F10NO4S2/c1-3-8(2)6-4-5-7-8;5-1(6,7)3(11,12)20(16,17)15-21(18,19)4(13,14)2(8,9)10/h3-7H2,1-2H3;/q+1;-1. The van der Waals surface area contributed by atoms with Crippen LogP contribution in [0.3, 0.4) is 0 Å². The van der Waals surface area contributed by atoms with E-state index in [0.717, 1.165) is 0 Å². The van der Waals surface area contributed by atoms with Crippen molar-refractivity contribution in [3.05, 3.63) is 4.13 Å². The van der Waals surface area contributed by atoms with Crippen molar-refractivity contribution in [1.29, 1.82) is 0 Å². The first-order valence-corrected chi connectivity index (χ1v) is 10.3. The molecule has 1 heterocycles. The third-order valence-corrected chi connectivity index (χ3v) is 7.24. The Morgan fingerprint density at radius 1 is 0.724 bits per heavy atom. The predicted octanol–water partition coefficient (Wildman–Crippen LogP) is 3.58. The highest BCUT2D eigenvalue weighted by Gasteiger charge is 2.68. The number of hydrogen-bond donors (Lipinski definition) is 0. The van der Waals surface area contributed by atoms with Gasteiger partial charge in [0.25, 0.3) is 0 Å². The van der Waals surface area contributed by atoms with Crippen LogP contribution >= 0.6 is 0 Å². The molecule has 0 aromatic rings. The molecule has 0 saturated carbocycles. The van der Waals surface area contributed by atoms with E-state index in [4.69, 9.17) is 0 Å². The van der Waals surface area contributed by atoms with E-state index in [1.165, 1.54) is 37.0 Å². The van der Waals surface area contributed by atoms with E-state index < -0.39 is 42.9 Å². The van der Waals surface area contributed by atoms with E-state index in [1.807, 2.05) is 0 Å². The average molecular weight is 494 g/mol. The van der Waals surface area contributed by atoms with Crippen molar-refractivity contribution < 1.29 is 65.2 Å². The van der Waals surface area contributed by atoms with Crippen molar-refractivity contribution in [2.24, 2.45) is 0 Å². The van der Waals surface area contributed by atoms with Crippen LogP contribution < -0.4 is 0 Å². The van der Waals surface area contributed by atoms with Crippen LogP contribution in [0.25, 0.3) is 4.13 Å². The number of alkyl halides is 10. The van der Waals surface area contributed by atoms with Gasteiger partial charge in [-0.15, -0.1) is 0 Å². The van der Waals surface area contributed by atoms with Crippen molar-refractivity contribution in [1.82, 2.24) is 0 Å². The van der Waals surface area contributed by atoms with Crippen LogP contribution in [0.2, 0.25) is 0 Å². The zero-order valence-corrected chi connectivity index (χ0v) is 16.3. The van der Waals surface area contributed by atoms with Crippen molar-refractivity contribution >= 4 is 20.0 Å². The van der Waals surface area contributed by atoms with Crippen LogP contribution in [0.1, 0.15) is 19.8 Å². The second kappa shape index (κ2) is 8.33. The highest BCUT2D eigenvalue weighted by Crippen LogP contribution is 2.47. The average Bonchev–Trinajstić information content (AvgIpc) is 2.92. The van der Waals surface area contributed by atoms with Crippen molar-refractivity contribution in [3.8, 4) is 0 Å². The summed E-state index contributed by atoms with van der Waals surface area (Å²) in [6, 6.07) is 0. The first-order valence-electron chi connectivity index (χ1n) is 7.43. The summed E-state index contributed by atoms with van der Waals surface area (Å²) in [5, 5.41) is -14.0. The SMILES string of the molecule is CC[N+]1(C)CCCC1.O=S(=O)([N-]S(=O)(=O)C(F)(F)C(F)(F)F)C(F)(F)C(F)(F)F. The number of sulfonamides is 2. The lowest BCUT2D eigenvalue weighted by Crippen LogP contribution is -2.48. The Morgan fingerprint density at radius 2 is 1.00 bits per heavy atom. The molecule has 0 amide bonds. The number of likely N-dealkylation sites (tertiary alicyclic amines) is 1. The number of halogens is 10. The molecule has 0 atom stereocenters. The second-order valence-electron chi connectivity index (χ2n) is 6.14. The first kappa shape index (κ1) is 28.1. The molecule has 18 heteroatoms.